The van der Waals surface area contributed by atoms with E-state index < -0.39 is 28.0 Å². The fourth-order valence-corrected chi connectivity index (χ4v) is 2.93. The first kappa shape index (κ1) is 39.2. The van der Waals surface area contributed by atoms with Crippen LogP contribution in [0.2, 0.25) is 0 Å². The molecule has 1 unspecified atom stereocenters. The molecule has 0 aliphatic heterocycles. The van der Waals surface area contributed by atoms with Crippen molar-refractivity contribution in [2.75, 3.05) is 81.3 Å². The third kappa shape index (κ3) is 29.8. The Kier molecular flexibility index (Phi) is 20.0. The van der Waals surface area contributed by atoms with E-state index >= 15 is 0 Å². The molecule has 0 bridgehead atoms. The fraction of sp³-hybridized carbons (Fsp3) is 0.708. The second-order valence-electron chi connectivity index (χ2n) is 10.4. The Morgan fingerprint density at radius 2 is 1.59 bits per heavy atom. The second-order valence-corrected chi connectivity index (χ2v) is 12.0. The molecule has 0 saturated heterocycles. The molecule has 1 atom stereocenters. The molecule has 0 spiro atoms. The molecule has 218 valence electrons. The van der Waals surface area contributed by atoms with Gasteiger partial charge in [-0.25, -0.2) is 4.79 Å². The van der Waals surface area contributed by atoms with E-state index in [2.05, 4.69) is 13.2 Å². The number of nitrogens with zero attached hydrogens (tertiary/aromatic N) is 3. The van der Waals surface area contributed by atoms with Gasteiger partial charge in [-0.2, -0.15) is 8.42 Å². The lowest BCUT2D eigenvalue weighted by Crippen LogP contribution is -2.50. The largest absolute Gasteiger partial charge is 0.545 e. The molecule has 0 aliphatic carbocycles. The Morgan fingerprint density at radius 1 is 1.08 bits per heavy atom. The summed E-state index contributed by atoms with van der Waals surface area (Å²) in [5.41, 5.74) is 0.187. The van der Waals surface area contributed by atoms with Crippen LogP contribution < -0.4 is 10.2 Å². The molecule has 0 aromatic rings. The fourth-order valence-electron chi connectivity index (χ4n) is 2.44. The van der Waals surface area contributed by atoms with Crippen LogP contribution in [0, 0.1) is 0 Å². The van der Waals surface area contributed by atoms with Crippen LogP contribution >= 0.6 is 0 Å². The molecule has 0 rings (SSSR count). The van der Waals surface area contributed by atoms with Crippen LogP contribution in [-0.4, -0.2) is 132 Å². The van der Waals surface area contributed by atoms with Gasteiger partial charge >= 0.3 is 5.97 Å². The Balaban J connectivity index is -0.000000517. The van der Waals surface area contributed by atoms with Crippen molar-refractivity contribution in [1.29, 1.82) is 0 Å². The van der Waals surface area contributed by atoms with Crippen LogP contribution in [0.1, 0.15) is 26.2 Å². The van der Waals surface area contributed by atoms with Gasteiger partial charge < -0.3 is 38.4 Å². The molecule has 37 heavy (non-hydrogen) atoms. The molecule has 0 fully saturated rings. The summed E-state index contributed by atoms with van der Waals surface area (Å²) in [6, 6.07) is 0.0234. The minimum atomic E-state index is -3.91. The monoisotopic (exact) mass is 553 g/mol. The van der Waals surface area contributed by atoms with Crippen molar-refractivity contribution >= 4 is 28.0 Å². The summed E-state index contributed by atoms with van der Waals surface area (Å²) in [5.74, 6) is -2.87. The lowest BCUT2D eigenvalue weighted by Gasteiger charge is -2.35. The van der Waals surface area contributed by atoms with Crippen LogP contribution in [-0.2, 0) is 29.2 Å². The number of rotatable bonds is 15. The Morgan fingerprint density at radius 3 is 1.92 bits per heavy atom. The molecule has 0 aliphatic rings. The Labute approximate surface area is 222 Å². The first-order chi connectivity index (χ1) is 16.5. The number of carbonyl (C=O) groups excluding carboxylic acids is 3. The summed E-state index contributed by atoms with van der Waals surface area (Å²) in [5, 5.41) is 20.0. The Hall–Kier alpha value is -2.32. The van der Waals surface area contributed by atoms with Crippen LogP contribution in [0.15, 0.2) is 24.8 Å². The van der Waals surface area contributed by atoms with Crippen molar-refractivity contribution in [1.82, 2.24) is 4.90 Å². The van der Waals surface area contributed by atoms with Crippen molar-refractivity contribution in [2.24, 2.45) is 0 Å². The molecular weight excluding hydrogens is 506 g/mol. The van der Waals surface area contributed by atoms with E-state index in [9.17, 15) is 33.0 Å². The number of esters is 1. The molecule has 0 heterocycles. The van der Waals surface area contributed by atoms with Gasteiger partial charge in [0.15, 0.2) is 0 Å². The van der Waals surface area contributed by atoms with E-state index in [1.807, 2.05) is 40.0 Å². The number of aliphatic carboxylic acids is 2. The number of hydrogen-bond acceptors (Lipinski definition) is 9. The van der Waals surface area contributed by atoms with E-state index in [1.54, 1.807) is 21.1 Å². The van der Waals surface area contributed by atoms with E-state index in [-0.39, 0.29) is 30.5 Å². The number of quaternary nitrogens is 2. The van der Waals surface area contributed by atoms with Gasteiger partial charge in [0.25, 0.3) is 10.1 Å². The van der Waals surface area contributed by atoms with Gasteiger partial charge in [0.1, 0.15) is 19.2 Å². The Bertz CT molecular complexity index is 833. The minimum Gasteiger partial charge on any atom is -0.545 e. The average Bonchev–Trinajstić information content (AvgIpc) is 2.69. The molecule has 13 heteroatoms. The molecule has 0 aromatic carbocycles. The number of carboxylic acids is 2. The smallest absolute Gasteiger partial charge is 0.330 e. The summed E-state index contributed by atoms with van der Waals surface area (Å²) in [6.07, 6.45) is 2.79. The normalized spacial score (nSPS) is 12.3. The van der Waals surface area contributed by atoms with Gasteiger partial charge in [0.05, 0.1) is 59.5 Å². The highest BCUT2D eigenvalue weighted by molar-refractivity contribution is 7.85. The summed E-state index contributed by atoms with van der Waals surface area (Å²) >= 11 is 0. The van der Waals surface area contributed by atoms with Gasteiger partial charge in [-0.05, 0) is 46.0 Å². The number of likely N-dealkylation sites (N-methyl/N-ethyl adjacent to an activating group) is 2. The predicted molar refractivity (Wildman–Crippen MR) is 138 cm³/mol. The maximum atomic E-state index is 10.9. The van der Waals surface area contributed by atoms with Crippen LogP contribution in [0.4, 0.5) is 0 Å². The number of carboxylic acid groups (broad SMARTS) is 2. The number of hydrogen-bond donors (Lipinski definition) is 1. The third-order valence-electron chi connectivity index (χ3n) is 4.94. The third-order valence-corrected chi connectivity index (χ3v) is 5.74. The van der Waals surface area contributed by atoms with Gasteiger partial charge in [-0.3, -0.25) is 4.55 Å². The van der Waals surface area contributed by atoms with E-state index in [4.69, 9.17) is 9.29 Å². The van der Waals surface area contributed by atoms with Crippen molar-refractivity contribution in [2.45, 2.75) is 32.2 Å². The topological polar surface area (TPSA) is 164 Å². The molecule has 0 radical (unpaired) electrons. The molecular formula is C24H47N3O9S. The van der Waals surface area contributed by atoms with Crippen LogP contribution in [0.25, 0.3) is 0 Å². The van der Waals surface area contributed by atoms with Gasteiger partial charge in [0.2, 0.25) is 0 Å². The zero-order valence-corrected chi connectivity index (χ0v) is 24.5. The zero-order valence-electron chi connectivity index (χ0n) is 23.7. The first-order valence-electron chi connectivity index (χ1n) is 11.6. The summed E-state index contributed by atoms with van der Waals surface area (Å²) < 4.78 is 35.7. The van der Waals surface area contributed by atoms with Gasteiger partial charge in [-0.15, -0.1) is 0 Å². The molecule has 0 aromatic heterocycles. The first-order valence-corrected chi connectivity index (χ1v) is 13.3. The van der Waals surface area contributed by atoms with Gasteiger partial charge in [0, 0.05) is 12.5 Å². The minimum absolute atomic E-state index is 0.0234. The van der Waals surface area contributed by atoms with Crippen LogP contribution in [0.3, 0.4) is 0 Å². The highest BCUT2D eigenvalue weighted by Gasteiger charge is 2.25. The summed E-state index contributed by atoms with van der Waals surface area (Å²) in [7, 11) is 9.21. The predicted octanol–water partition coefficient (Wildman–Crippen LogP) is -1.46. The molecule has 0 saturated carbocycles. The van der Waals surface area contributed by atoms with E-state index in [0.29, 0.717) is 28.4 Å². The average molecular weight is 554 g/mol. The molecule has 12 nitrogen and oxygen atoms in total. The van der Waals surface area contributed by atoms with E-state index in [1.165, 1.54) is 0 Å². The standard InChI is InChI=1S/C11H21NO5S.C8H15NO2.C5H11NO2/c1-5-11(13)17-9-10(2)12(3,4)7-6-8-18(14,15)16;1-7(8(10)11)5-4-6-9(2)3;1-6(2,3)4-5(7)8/h5,10H,1,6-9H2,2-4H3;1,4-6H2,2-3H3,(H,10,11);4H2,1-3H3. The summed E-state index contributed by atoms with van der Waals surface area (Å²) in [6.45, 7) is 10.3. The molecule has 0 amide bonds. The van der Waals surface area contributed by atoms with Crippen molar-refractivity contribution in [3.8, 4) is 0 Å². The lowest BCUT2D eigenvalue weighted by atomic mass is 10.1. The van der Waals surface area contributed by atoms with Crippen LogP contribution in [0.5, 0.6) is 0 Å². The maximum Gasteiger partial charge on any atom is 0.330 e. The quantitative estimate of drug-likeness (QED) is 0.110. The number of carbonyl (C=O) groups is 3. The second kappa shape index (κ2) is 18.9. The van der Waals surface area contributed by atoms with Gasteiger partial charge in [-0.1, -0.05) is 13.2 Å². The van der Waals surface area contributed by atoms with E-state index in [0.717, 1.165) is 19.0 Å². The van der Waals surface area contributed by atoms with Crippen molar-refractivity contribution in [3.63, 3.8) is 0 Å². The highest BCUT2D eigenvalue weighted by atomic mass is 32.2. The van der Waals surface area contributed by atoms with Crippen molar-refractivity contribution < 1.29 is 51.3 Å². The highest BCUT2D eigenvalue weighted by Crippen LogP contribution is 2.09. The summed E-state index contributed by atoms with van der Waals surface area (Å²) in [4.78, 5) is 33.0. The number of ether oxygens (including phenoxy) is 1. The lowest BCUT2D eigenvalue weighted by molar-refractivity contribution is -0.913. The molecule has 1 N–H and O–H groups in total. The SMILES string of the molecule is C=C(CCCN(C)C)C(=O)[O-].C=CC(=O)OCC(C)[N+](C)(C)CCCS(=O)(=O)O.C[N+](C)(C)CC(=O)[O-]. The zero-order chi connectivity index (χ0) is 30.0. The maximum absolute atomic E-state index is 10.9. The van der Waals surface area contributed by atoms with Crippen molar-refractivity contribution in [3.05, 3.63) is 24.8 Å².